The predicted octanol–water partition coefficient (Wildman–Crippen LogP) is 3.80. The van der Waals surface area contributed by atoms with Crippen LogP contribution in [0, 0.1) is 0 Å². The lowest BCUT2D eigenvalue weighted by molar-refractivity contribution is 0.184. The molecule has 2 aromatic carbocycles. The van der Waals surface area contributed by atoms with Crippen molar-refractivity contribution in [2.45, 2.75) is 19.4 Å². The Morgan fingerprint density at radius 2 is 1.47 bits per heavy atom. The van der Waals surface area contributed by atoms with Crippen LogP contribution < -0.4 is 10.5 Å². The van der Waals surface area contributed by atoms with Crippen LogP contribution in [0.1, 0.15) is 13.8 Å². The Labute approximate surface area is 119 Å². The van der Waals surface area contributed by atoms with Crippen molar-refractivity contribution in [3.63, 3.8) is 0 Å². The Hall–Kier alpha value is -1.87. The highest BCUT2D eigenvalue weighted by Gasteiger charge is 2.23. The molecule has 19 heavy (non-hydrogen) atoms. The summed E-state index contributed by atoms with van der Waals surface area (Å²) < 4.78 is 5.79. The number of rotatable bonds is 4. The van der Waals surface area contributed by atoms with Crippen LogP contribution in [0.25, 0.3) is 11.1 Å². The second-order valence-electron chi connectivity index (χ2n) is 4.87. The zero-order valence-electron chi connectivity index (χ0n) is 11.1. The van der Waals surface area contributed by atoms with Crippen LogP contribution in [0.5, 0.6) is 5.75 Å². The number of hydrogen-bond donors (Lipinski definition) is 1. The standard InChI is InChI=1S/C16H17NOS/c1-16(2,15(17)19)18-14-10-8-13(9-11-14)12-6-4-3-5-7-12/h3-11H,1-2H3,(H2,17,19). The Kier molecular flexibility index (Phi) is 3.86. The van der Waals surface area contributed by atoms with Crippen molar-refractivity contribution in [2.24, 2.45) is 5.73 Å². The van der Waals surface area contributed by atoms with Crippen LogP contribution in [0.2, 0.25) is 0 Å². The third-order valence-electron chi connectivity index (χ3n) is 2.93. The maximum absolute atomic E-state index is 5.79. The van der Waals surface area contributed by atoms with E-state index in [1.165, 1.54) is 5.56 Å². The van der Waals surface area contributed by atoms with Crippen molar-refractivity contribution in [3.05, 3.63) is 54.6 Å². The van der Waals surface area contributed by atoms with Gasteiger partial charge >= 0.3 is 0 Å². The average molecular weight is 271 g/mol. The van der Waals surface area contributed by atoms with Gasteiger partial charge in [0.1, 0.15) is 10.7 Å². The van der Waals surface area contributed by atoms with Gasteiger partial charge in [0.25, 0.3) is 0 Å². The average Bonchev–Trinajstić information content (AvgIpc) is 2.40. The van der Waals surface area contributed by atoms with Gasteiger partial charge < -0.3 is 10.5 Å². The van der Waals surface area contributed by atoms with E-state index in [9.17, 15) is 0 Å². The van der Waals surface area contributed by atoms with Gasteiger partial charge in [0, 0.05) is 0 Å². The number of hydrogen-bond acceptors (Lipinski definition) is 2. The lowest BCUT2D eigenvalue weighted by Crippen LogP contribution is -2.41. The summed E-state index contributed by atoms with van der Waals surface area (Å²) in [6.45, 7) is 3.72. The fraction of sp³-hybridized carbons (Fsp3) is 0.188. The van der Waals surface area contributed by atoms with Crippen LogP contribution in [0.4, 0.5) is 0 Å². The summed E-state index contributed by atoms with van der Waals surface area (Å²) in [5.41, 5.74) is 7.35. The molecule has 0 spiro atoms. The number of nitrogens with two attached hydrogens (primary N) is 1. The van der Waals surface area contributed by atoms with Gasteiger partial charge in [0.05, 0.1) is 0 Å². The van der Waals surface area contributed by atoms with E-state index in [4.69, 9.17) is 22.7 Å². The third kappa shape index (κ3) is 3.32. The minimum Gasteiger partial charge on any atom is -0.481 e. The topological polar surface area (TPSA) is 35.2 Å². The second kappa shape index (κ2) is 5.41. The van der Waals surface area contributed by atoms with E-state index in [2.05, 4.69) is 12.1 Å². The fourth-order valence-corrected chi connectivity index (χ4v) is 1.73. The van der Waals surface area contributed by atoms with Crippen LogP contribution in [-0.2, 0) is 0 Å². The van der Waals surface area contributed by atoms with Crippen LogP contribution >= 0.6 is 12.2 Å². The molecule has 0 aliphatic carbocycles. The van der Waals surface area contributed by atoms with Crippen molar-refractivity contribution in [1.29, 1.82) is 0 Å². The first-order valence-corrected chi connectivity index (χ1v) is 6.54. The first kappa shape index (κ1) is 13.6. The smallest absolute Gasteiger partial charge is 0.153 e. The summed E-state index contributed by atoms with van der Waals surface area (Å²) in [5, 5.41) is 0. The molecule has 0 atom stereocenters. The molecule has 0 saturated carbocycles. The molecule has 0 aliphatic rings. The van der Waals surface area contributed by atoms with Gasteiger partial charge in [-0.1, -0.05) is 54.7 Å². The van der Waals surface area contributed by atoms with Crippen LogP contribution in [0.15, 0.2) is 54.6 Å². The Morgan fingerprint density at radius 3 is 2.00 bits per heavy atom. The number of ether oxygens (including phenoxy) is 1. The molecule has 0 heterocycles. The summed E-state index contributed by atoms with van der Waals surface area (Å²) in [5.74, 6) is 0.762. The van der Waals surface area contributed by atoms with E-state index in [0.29, 0.717) is 4.99 Å². The minimum absolute atomic E-state index is 0.347. The van der Waals surface area contributed by atoms with Crippen LogP contribution in [-0.4, -0.2) is 10.6 Å². The molecule has 3 heteroatoms. The first-order chi connectivity index (χ1) is 8.99. The lowest BCUT2D eigenvalue weighted by Gasteiger charge is -2.25. The molecule has 0 amide bonds. The van der Waals surface area contributed by atoms with Crippen molar-refractivity contribution in [3.8, 4) is 16.9 Å². The third-order valence-corrected chi connectivity index (χ3v) is 3.42. The first-order valence-electron chi connectivity index (χ1n) is 6.13. The Balaban J connectivity index is 2.18. The van der Waals surface area contributed by atoms with Gasteiger partial charge in [-0.25, -0.2) is 0 Å². The highest BCUT2D eigenvalue weighted by Crippen LogP contribution is 2.24. The molecule has 2 nitrogen and oxygen atoms in total. The normalized spacial score (nSPS) is 11.1. The summed E-state index contributed by atoms with van der Waals surface area (Å²) >= 11 is 4.99. The van der Waals surface area contributed by atoms with E-state index in [1.807, 2.05) is 56.3 Å². The fourth-order valence-electron chi connectivity index (χ4n) is 1.69. The number of benzene rings is 2. The predicted molar refractivity (Wildman–Crippen MR) is 83.4 cm³/mol. The van der Waals surface area contributed by atoms with Gasteiger partial charge in [0.2, 0.25) is 0 Å². The van der Waals surface area contributed by atoms with Gasteiger partial charge in [-0.3, -0.25) is 0 Å². The highest BCUT2D eigenvalue weighted by molar-refractivity contribution is 7.80. The maximum atomic E-state index is 5.79. The van der Waals surface area contributed by atoms with E-state index in [-0.39, 0.29) is 0 Å². The van der Waals surface area contributed by atoms with E-state index in [0.717, 1.165) is 11.3 Å². The molecule has 0 aromatic heterocycles. The Bertz CT molecular complexity index is 561. The zero-order chi connectivity index (χ0) is 13.9. The molecule has 2 rings (SSSR count). The molecular formula is C16H17NOS. The van der Waals surface area contributed by atoms with Gasteiger partial charge in [-0.2, -0.15) is 0 Å². The summed E-state index contributed by atoms with van der Waals surface area (Å²) in [6, 6.07) is 18.1. The second-order valence-corrected chi connectivity index (χ2v) is 5.31. The summed E-state index contributed by atoms with van der Waals surface area (Å²) in [7, 11) is 0. The van der Waals surface area contributed by atoms with Crippen molar-refractivity contribution < 1.29 is 4.74 Å². The largest absolute Gasteiger partial charge is 0.481 e. The molecule has 2 N–H and O–H groups in total. The minimum atomic E-state index is -0.635. The summed E-state index contributed by atoms with van der Waals surface area (Å²) in [4.78, 5) is 0.347. The van der Waals surface area contributed by atoms with E-state index in [1.54, 1.807) is 0 Å². The number of thiocarbonyl (C=S) groups is 1. The van der Waals surface area contributed by atoms with Crippen molar-refractivity contribution in [2.75, 3.05) is 0 Å². The molecule has 0 aliphatic heterocycles. The molecule has 0 unspecified atom stereocenters. The van der Waals surface area contributed by atoms with E-state index >= 15 is 0 Å². The van der Waals surface area contributed by atoms with E-state index < -0.39 is 5.60 Å². The van der Waals surface area contributed by atoms with Gasteiger partial charge in [-0.15, -0.1) is 0 Å². The monoisotopic (exact) mass is 271 g/mol. The molecule has 0 radical (unpaired) electrons. The van der Waals surface area contributed by atoms with Crippen molar-refractivity contribution in [1.82, 2.24) is 0 Å². The highest BCUT2D eigenvalue weighted by atomic mass is 32.1. The van der Waals surface area contributed by atoms with Crippen molar-refractivity contribution >= 4 is 17.2 Å². The molecule has 0 fully saturated rings. The molecular weight excluding hydrogens is 254 g/mol. The van der Waals surface area contributed by atoms with Gasteiger partial charge in [0.15, 0.2) is 5.60 Å². The molecule has 98 valence electrons. The van der Waals surface area contributed by atoms with Gasteiger partial charge in [-0.05, 0) is 37.1 Å². The molecule has 2 aromatic rings. The lowest BCUT2D eigenvalue weighted by atomic mass is 10.1. The SMILES string of the molecule is CC(C)(Oc1ccc(-c2ccccc2)cc1)C(N)=S. The molecule has 0 saturated heterocycles. The molecule has 0 bridgehead atoms. The quantitative estimate of drug-likeness (QED) is 0.859. The zero-order valence-corrected chi connectivity index (χ0v) is 11.9. The van der Waals surface area contributed by atoms with Crippen LogP contribution in [0.3, 0.4) is 0 Å². The summed E-state index contributed by atoms with van der Waals surface area (Å²) in [6.07, 6.45) is 0. The Morgan fingerprint density at radius 1 is 0.947 bits per heavy atom. The maximum Gasteiger partial charge on any atom is 0.153 e.